The Balaban J connectivity index is 1.70. The lowest BCUT2D eigenvalue weighted by Gasteiger charge is -2.27. The summed E-state index contributed by atoms with van der Waals surface area (Å²) in [6, 6.07) is 5.50. The molecule has 0 saturated heterocycles. The van der Waals surface area contributed by atoms with Crippen molar-refractivity contribution in [1.29, 1.82) is 0 Å². The van der Waals surface area contributed by atoms with Crippen molar-refractivity contribution in [3.05, 3.63) is 29.6 Å². The maximum Gasteiger partial charge on any atom is 0.237 e. The van der Waals surface area contributed by atoms with Crippen molar-refractivity contribution in [2.45, 2.75) is 56.7 Å². The summed E-state index contributed by atoms with van der Waals surface area (Å²) in [6.45, 7) is 1.71. The molecule has 114 valence electrons. The summed E-state index contributed by atoms with van der Waals surface area (Å²) >= 11 is 0. The molecule has 1 aromatic rings. The first-order valence-electron chi connectivity index (χ1n) is 7.49. The Labute approximate surface area is 123 Å². The van der Waals surface area contributed by atoms with Crippen LogP contribution in [0.1, 0.15) is 37.7 Å². The van der Waals surface area contributed by atoms with Crippen LogP contribution in [0.3, 0.4) is 0 Å². The molecule has 2 aliphatic carbocycles. The number of carbonyl (C=O) groups is 1. The fourth-order valence-corrected chi connectivity index (χ4v) is 3.04. The predicted octanol–water partition coefficient (Wildman–Crippen LogP) is 2.04. The monoisotopic (exact) mass is 292 g/mol. The Morgan fingerprint density at radius 3 is 2.86 bits per heavy atom. The number of rotatable bonds is 5. The number of hydrogen-bond donors (Lipinski definition) is 2. The molecular formula is C16H21FN2O2. The molecule has 0 radical (unpaired) electrons. The highest BCUT2D eigenvalue weighted by Gasteiger charge is 2.47. The molecule has 0 aliphatic heterocycles. The van der Waals surface area contributed by atoms with E-state index in [1.165, 1.54) is 0 Å². The highest BCUT2D eigenvalue weighted by molar-refractivity contribution is 5.85. The molecular weight excluding hydrogens is 271 g/mol. The van der Waals surface area contributed by atoms with E-state index in [-0.39, 0.29) is 23.6 Å². The van der Waals surface area contributed by atoms with Crippen molar-refractivity contribution < 1.29 is 13.9 Å². The first-order valence-corrected chi connectivity index (χ1v) is 7.49. The van der Waals surface area contributed by atoms with E-state index in [0.29, 0.717) is 30.9 Å². The Kier molecular flexibility index (Phi) is 3.61. The number of benzene rings is 1. The van der Waals surface area contributed by atoms with E-state index in [2.05, 4.69) is 5.32 Å². The summed E-state index contributed by atoms with van der Waals surface area (Å²) in [5.41, 5.74) is 5.46. The summed E-state index contributed by atoms with van der Waals surface area (Å²) in [7, 11) is 0. The lowest BCUT2D eigenvalue weighted by atomic mass is 9.96. The van der Waals surface area contributed by atoms with Gasteiger partial charge in [-0.2, -0.15) is 0 Å². The van der Waals surface area contributed by atoms with Gasteiger partial charge in [0.2, 0.25) is 5.91 Å². The lowest BCUT2D eigenvalue weighted by Crippen LogP contribution is -2.55. The van der Waals surface area contributed by atoms with Crippen LogP contribution in [-0.4, -0.2) is 23.6 Å². The molecule has 1 amide bonds. The lowest BCUT2D eigenvalue weighted by molar-refractivity contribution is -0.124. The van der Waals surface area contributed by atoms with Crippen molar-refractivity contribution in [1.82, 2.24) is 5.32 Å². The van der Waals surface area contributed by atoms with Gasteiger partial charge in [-0.3, -0.25) is 4.79 Å². The molecule has 3 rings (SSSR count). The predicted molar refractivity (Wildman–Crippen MR) is 77.5 cm³/mol. The van der Waals surface area contributed by atoms with Crippen LogP contribution in [0.25, 0.3) is 0 Å². The van der Waals surface area contributed by atoms with E-state index >= 15 is 0 Å². The van der Waals surface area contributed by atoms with Crippen LogP contribution in [0.15, 0.2) is 18.2 Å². The summed E-state index contributed by atoms with van der Waals surface area (Å²) in [5.74, 6) is -0.402. The Morgan fingerprint density at radius 1 is 1.43 bits per heavy atom. The quantitative estimate of drug-likeness (QED) is 0.873. The first kappa shape index (κ1) is 14.3. The van der Waals surface area contributed by atoms with E-state index in [9.17, 15) is 9.18 Å². The SMILES string of the molecule is Cc1cccc(OC2CCC(NC3CC3)(C(N)=O)C2)c1F. The minimum Gasteiger partial charge on any atom is -0.487 e. The van der Waals surface area contributed by atoms with Crippen LogP contribution in [0.5, 0.6) is 5.75 Å². The topological polar surface area (TPSA) is 64.3 Å². The number of nitrogens with one attached hydrogen (secondary N) is 1. The number of nitrogens with two attached hydrogens (primary N) is 1. The second-order valence-corrected chi connectivity index (χ2v) is 6.23. The molecule has 3 N–H and O–H groups in total. The molecule has 21 heavy (non-hydrogen) atoms. The Morgan fingerprint density at radius 2 is 2.19 bits per heavy atom. The number of aryl methyl sites for hydroxylation is 1. The van der Waals surface area contributed by atoms with Crippen LogP contribution in [0.4, 0.5) is 4.39 Å². The third-order valence-corrected chi connectivity index (χ3v) is 4.45. The van der Waals surface area contributed by atoms with Gasteiger partial charge in [0.15, 0.2) is 11.6 Å². The van der Waals surface area contributed by atoms with Crippen molar-refractivity contribution in [2.24, 2.45) is 5.73 Å². The molecule has 0 heterocycles. The average molecular weight is 292 g/mol. The van der Waals surface area contributed by atoms with Gasteiger partial charge in [-0.25, -0.2) is 4.39 Å². The van der Waals surface area contributed by atoms with Crippen molar-refractivity contribution >= 4 is 5.91 Å². The molecule has 0 aromatic heterocycles. The van der Waals surface area contributed by atoms with Gasteiger partial charge < -0.3 is 15.8 Å². The molecule has 2 unspecified atom stereocenters. The molecule has 2 fully saturated rings. The van der Waals surface area contributed by atoms with E-state index in [4.69, 9.17) is 10.5 Å². The molecule has 2 atom stereocenters. The third kappa shape index (κ3) is 2.88. The standard InChI is InChI=1S/C16H21FN2O2/c1-10-3-2-4-13(14(10)17)21-12-7-8-16(9-12,15(18)20)19-11-5-6-11/h2-4,11-12,19H,5-9H2,1H3,(H2,18,20). The highest BCUT2D eigenvalue weighted by atomic mass is 19.1. The highest BCUT2D eigenvalue weighted by Crippen LogP contribution is 2.36. The molecule has 4 nitrogen and oxygen atoms in total. The summed E-state index contributed by atoms with van der Waals surface area (Å²) < 4.78 is 19.8. The van der Waals surface area contributed by atoms with Crippen molar-refractivity contribution in [2.75, 3.05) is 0 Å². The minimum atomic E-state index is -0.688. The van der Waals surface area contributed by atoms with Gasteiger partial charge in [0.25, 0.3) is 0 Å². The smallest absolute Gasteiger partial charge is 0.237 e. The average Bonchev–Trinajstić information content (AvgIpc) is 3.15. The number of primary amides is 1. The molecule has 2 aliphatic rings. The number of amides is 1. The summed E-state index contributed by atoms with van der Waals surface area (Å²) in [6.07, 6.45) is 3.86. The first-order chi connectivity index (χ1) is 10.00. The zero-order valence-corrected chi connectivity index (χ0v) is 12.2. The zero-order chi connectivity index (χ0) is 15.0. The normalized spacial score (nSPS) is 28.6. The minimum absolute atomic E-state index is 0.181. The van der Waals surface area contributed by atoms with Gasteiger partial charge in [0.05, 0.1) is 0 Å². The van der Waals surface area contributed by atoms with Gasteiger partial charge in [0, 0.05) is 12.5 Å². The summed E-state index contributed by atoms with van der Waals surface area (Å²) in [4.78, 5) is 11.8. The Bertz CT molecular complexity index is 559. The van der Waals surface area contributed by atoms with E-state index < -0.39 is 5.54 Å². The van der Waals surface area contributed by atoms with E-state index in [1.54, 1.807) is 25.1 Å². The van der Waals surface area contributed by atoms with Crippen LogP contribution >= 0.6 is 0 Å². The van der Waals surface area contributed by atoms with Crippen LogP contribution in [0, 0.1) is 12.7 Å². The van der Waals surface area contributed by atoms with Crippen LogP contribution in [0.2, 0.25) is 0 Å². The maximum absolute atomic E-state index is 14.0. The maximum atomic E-state index is 14.0. The van der Waals surface area contributed by atoms with E-state index in [0.717, 1.165) is 12.8 Å². The van der Waals surface area contributed by atoms with Crippen molar-refractivity contribution in [3.63, 3.8) is 0 Å². The number of carbonyl (C=O) groups excluding carboxylic acids is 1. The third-order valence-electron chi connectivity index (χ3n) is 4.45. The van der Waals surface area contributed by atoms with Gasteiger partial charge in [0.1, 0.15) is 11.6 Å². The number of ether oxygens (including phenoxy) is 1. The zero-order valence-electron chi connectivity index (χ0n) is 12.2. The fraction of sp³-hybridized carbons (Fsp3) is 0.562. The Hall–Kier alpha value is -1.62. The number of hydrogen-bond acceptors (Lipinski definition) is 3. The van der Waals surface area contributed by atoms with Crippen LogP contribution in [-0.2, 0) is 4.79 Å². The van der Waals surface area contributed by atoms with Crippen LogP contribution < -0.4 is 15.8 Å². The fourth-order valence-electron chi connectivity index (χ4n) is 3.04. The second kappa shape index (κ2) is 5.30. The molecule has 0 bridgehead atoms. The van der Waals surface area contributed by atoms with Gasteiger partial charge in [-0.1, -0.05) is 12.1 Å². The molecule has 2 saturated carbocycles. The van der Waals surface area contributed by atoms with Gasteiger partial charge in [-0.15, -0.1) is 0 Å². The number of halogens is 1. The van der Waals surface area contributed by atoms with Gasteiger partial charge in [-0.05, 0) is 44.2 Å². The summed E-state index contributed by atoms with van der Waals surface area (Å²) in [5, 5.41) is 3.36. The molecule has 5 heteroatoms. The molecule has 0 spiro atoms. The van der Waals surface area contributed by atoms with Crippen molar-refractivity contribution in [3.8, 4) is 5.75 Å². The van der Waals surface area contributed by atoms with E-state index in [1.807, 2.05) is 0 Å². The second-order valence-electron chi connectivity index (χ2n) is 6.23. The molecule has 1 aromatic carbocycles. The van der Waals surface area contributed by atoms with Gasteiger partial charge >= 0.3 is 0 Å². The largest absolute Gasteiger partial charge is 0.487 e.